The molecular weight excluding hydrogens is 210 g/mol. The number of rotatable bonds is 3. The molecule has 0 aliphatic rings. The summed E-state index contributed by atoms with van der Waals surface area (Å²) in [5.41, 5.74) is 2.05. The van der Waals surface area contributed by atoms with Gasteiger partial charge >= 0.3 is 0 Å². The van der Waals surface area contributed by atoms with E-state index in [-0.39, 0.29) is 5.91 Å². The van der Waals surface area contributed by atoms with E-state index < -0.39 is 5.38 Å². The second-order valence-electron chi connectivity index (χ2n) is 3.54. The van der Waals surface area contributed by atoms with Gasteiger partial charge in [-0.2, -0.15) is 0 Å². The molecule has 0 saturated heterocycles. The molecule has 0 aliphatic heterocycles. The van der Waals surface area contributed by atoms with Crippen LogP contribution in [0.1, 0.15) is 19.4 Å². The molecule has 1 unspecified atom stereocenters. The first kappa shape index (κ1) is 12.1. The van der Waals surface area contributed by atoms with Crippen LogP contribution in [0, 0.1) is 6.92 Å². The molecule has 1 aromatic carbocycles. The number of hydrogen-bond donors (Lipinski definition) is 0. The second kappa shape index (κ2) is 5.17. The zero-order chi connectivity index (χ0) is 11.4. The average molecular weight is 226 g/mol. The van der Waals surface area contributed by atoms with Crippen LogP contribution in [0.5, 0.6) is 0 Å². The fraction of sp³-hybridized carbons (Fsp3) is 0.417. The molecule has 0 aromatic heterocycles. The molecule has 0 heterocycles. The van der Waals surface area contributed by atoms with Crippen molar-refractivity contribution < 1.29 is 4.79 Å². The minimum Gasteiger partial charge on any atom is -0.311 e. The highest BCUT2D eigenvalue weighted by molar-refractivity contribution is 6.32. The number of carbonyl (C=O) groups excluding carboxylic acids is 1. The van der Waals surface area contributed by atoms with Crippen LogP contribution in [-0.2, 0) is 4.79 Å². The molecule has 0 spiro atoms. The largest absolute Gasteiger partial charge is 0.311 e. The zero-order valence-corrected chi connectivity index (χ0v) is 10.1. The summed E-state index contributed by atoms with van der Waals surface area (Å²) in [6.45, 7) is 6.28. The van der Waals surface area contributed by atoms with Crippen molar-refractivity contribution in [3.05, 3.63) is 29.8 Å². The molecule has 1 rings (SSSR count). The Labute approximate surface area is 95.8 Å². The fourth-order valence-electron chi connectivity index (χ4n) is 1.48. The number of halogens is 1. The third kappa shape index (κ3) is 2.96. The first-order chi connectivity index (χ1) is 7.06. The van der Waals surface area contributed by atoms with E-state index in [0.717, 1.165) is 11.3 Å². The molecule has 0 bridgehead atoms. The van der Waals surface area contributed by atoms with Crippen molar-refractivity contribution >= 4 is 23.2 Å². The second-order valence-corrected chi connectivity index (χ2v) is 4.19. The van der Waals surface area contributed by atoms with Gasteiger partial charge in [-0.05, 0) is 38.5 Å². The lowest BCUT2D eigenvalue weighted by Crippen LogP contribution is -2.35. The molecule has 0 radical (unpaired) electrons. The molecule has 0 N–H and O–H groups in total. The molecule has 0 aliphatic carbocycles. The van der Waals surface area contributed by atoms with E-state index in [2.05, 4.69) is 0 Å². The molecule has 0 fully saturated rings. The van der Waals surface area contributed by atoms with Gasteiger partial charge in [-0.15, -0.1) is 11.6 Å². The number of alkyl halides is 1. The number of nitrogens with zero attached hydrogens (tertiary/aromatic N) is 1. The highest BCUT2D eigenvalue weighted by atomic mass is 35.5. The first-order valence-corrected chi connectivity index (χ1v) is 5.52. The smallest absolute Gasteiger partial charge is 0.244 e. The molecule has 0 saturated carbocycles. The Hall–Kier alpha value is -1.02. The van der Waals surface area contributed by atoms with Crippen LogP contribution in [0.4, 0.5) is 5.69 Å². The van der Waals surface area contributed by atoms with Crippen molar-refractivity contribution in [2.75, 3.05) is 11.4 Å². The molecule has 3 heteroatoms. The zero-order valence-electron chi connectivity index (χ0n) is 9.33. The van der Waals surface area contributed by atoms with Crippen LogP contribution in [0.15, 0.2) is 24.3 Å². The summed E-state index contributed by atoms with van der Waals surface area (Å²) in [5, 5.41) is -0.481. The monoisotopic (exact) mass is 225 g/mol. The van der Waals surface area contributed by atoms with Gasteiger partial charge < -0.3 is 4.90 Å². The topological polar surface area (TPSA) is 20.3 Å². The maximum Gasteiger partial charge on any atom is 0.244 e. The lowest BCUT2D eigenvalue weighted by molar-refractivity contribution is -0.117. The third-order valence-corrected chi connectivity index (χ3v) is 2.42. The van der Waals surface area contributed by atoms with Crippen molar-refractivity contribution in [2.24, 2.45) is 0 Å². The molecule has 1 aromatic rings. The highest BCUT2D eigenvalue weighted by Crippen LogP contribution is 2.17. The lowest BCUT2D eigenvalue weighted by Gasteiger charge is -2.22. The van der Waals surface area contributed by atoms with Gasteiger partial charge in [0, 0.05) is 12.2 Å². The molecular formula is C12H16ClNO. The standard InChI is InChI=1S/C12H16ClNO/c1-4-14(12(15)10(3)13)11-7-5-6-9(2)8-11/h5-8,10H,4H2,1-3H3. The normalized spacial score (nSPS) is 12.3. The van der Waals surface area contributed by atoms with Gasteiger partial charge in [0.15, 0.2) is 0 Å². The Balaban J connectivity index is 2.97. The van der Waals surface area contributed by atoms with E-state index in [4.69, 9.17) is 11.6 Å². The van der Waals surface area contributed by atoms with Crippen molar-refractivity contribution in [1.82, 2.24) is 0 Å². The minimum atomic E-state index is -0.481. The van der Waals surface area contributed by atoms with Crippen molar-refractivity contribution in [3.8, 4) is 0 Å². The minimum absolute atomic E-state index is 0.0511. The Bertz CT molecular complexity index is 349. The summed E-state index contributed by atoms with van der Waals surface area (Å²) in [5.74, 6) is -0.0511. The summed E-state index contributed by atoms with van der Waals surface area (Å²) in [7, 11) is 0. The Morgan fingerprint density at radius 1 is 1.53 bits per heavy atom. The summed E-state index contributed by atoms with van der Waals surface area (Å²) in [6.07, 6.45) is 0. The molecule has 1 amide bonds. The van der Waals surface area contributed by atoms with Gasteiger partial charge in [0.25, 0.3) is 0 Å². The number of aryl methyl sites for hydroxylation is 1. The van der Waals surface area contributed by atoms with Crippen LogP contribution >= 0.6 is 11.6 Å². The predicted molar refractivity (Wildman–Crippen MR) is 64.5 cm³/mol. The SMILES string of the molecule is CCN(C(=O)C(C)Cl)c1cccc(C)c1. The van der Waals surface area contributed by atoms with E-state index in [9.17, 15) is 4.79 Å². The van der Waals surface area contributed by atoms with Gasteiger partial charge in [0.2, 0.25) is 5.91 Å². The van der Waals surface area contributed by atoms with E-state index >= 15 is 0 Å². The number of amides is 1. The number of anilines is 1. The first-order valence-electron chi connectivity index (χ1n) is 5.08. The summed E-state index contributed by atoms with van der Waals surface area (Å²) < 4.78 is 0. The van der Waals surface area contributed by atoms with Gasteiger partial charge in [-0.25, -0.2) is 0 Å². The van der Waals surface area contributed by atoms with Crippen molar-refractivity contribution in [1.29, 1.82) is 0 Å². The van der Waals surface area contributed by atoms with E-state index in [1.54, 1.807) is 11.8 Å². The van der Waals surface area contributed by atoms with Gasteiger partial charge in [-0.1, -0.05) is 12.1 Å². The van der Waals surface area contributed by atoms with Crippen LogP contribution in [0.25, 0.3) is 0 Å². The molecule has 15 heavy (non-hydrogen) atoms. The van der Waals surface area contributed by atoms with Crippen LogP contribution in [0.2, 0.25) is 0 Å². The summed E-state index contributed by atoms with van der Waals surface area (Å²) in [4.78, 5) is 13.5. The number of benzene rings is 1. The maximum atomic E-state index is 11.8. The van der Waals surface area contributed by atoms with E-state index in [1.807, 2.05) is 38.1 Å². The average Bonchev–Trinajstić information content (AvgIpc) is 2.18. The van der Waals surface area contributed by atoms with E-state index in [1.165, 1.54) is 0 Å². The Morgan fingerprint density at radius 2 is 2.20 bits per heavy atom. The molecule has 82 valence electrons. The summed E-state index contributed by atoms with van der Waals surface area (Å²) in [6, 6.07) is 7.86. The quantitative estimate of drug-likeness (QED) is 0.725. The fourth-order valence-corrected chi connectivity index (χ4v) is 1.59. The van der Waals surface area contributed by atoms with Crippen LogP contribution in [-0.4, -0.2) is 17.8 Å². The van der Waals surface area contributed by atoms with Crippen LogP contribution < -0.4 is 4.90 Å². The van der Waals surface area contributed by atoms with Gasteiger partial charge in [-0.3, -0.25) is 4.79 Å². The third-order valence-electron chi connectivity index (χ3n) is 2.24. The Morgan fingerprint density at radius 3 is 2.67 bits per heavy atom. The number of carbonyl (C=O) groups is 1. The maximum absolute atomic E-state index is 11.8. The van der Waals surface area contributed by atoms with Crippen molar-refractivity contribution in [3.63, 3.8) is 0 Å². The molecule has 1 atom stereocenters. The van der Waals surface area contributed by atoms with Crippen molar-refractivity contribution in [2.45, 2.75) is 26.1 Å². The van der Waals surface area contributed by atoms with E-state index in [0.29, 0.717) is 6.54 Å². The van der Waals surface area contributed by atoms with Gasteiger partial charge in [0.1, 0.15) is 5.38 Å². The predicted octanol–water partition coefficient (Wildman–Crippen LogP) is 2.98. The highest BCUT2D eigenvalue weighted by Gasteiger charge is 2.18. The lowest BCUT2D eigenvalue weighted by atomic mass is 10.2. The summed E-state index contributed by atoms with van der Waals surface area (Å²) >= 11 is 5.80. The Kier molecular flexibility index (Phi) is 4.15. The number of hydrogen-bond acceptors (Lipinski definition) is 1. The molecule has 2 nitrogen and oxygen atoms in total. The van der Waals surface area contributed by atoms with Crippen LogP contribution in [0.3, 0.4) is 0 Å². The van der Waals surface area contributed by atoms with Gasteiger partial charge in [0.05, 0.1) is 0 Å².